The standard InChI is InChI=1S/C22H26N4O2S.C2HF3O2/c1-29-18-6-2-15(3-7-18)10-19(27)26-9-8-22(13-26)14-28-12-16-11-23-21(25-20(16)22)24-17-4-5-17;3-2(4,5)1(6)7/h2-3,6-7,11,17H,4-5,8-10,12-14H2,1H3,(H,23,24,25);(H,6,7). The highest BCUT2D eigenvalue weighted by Crippen LogP contribution is 2.39. The summed E-state index contributed by atoms with van der Waals surface area (Å²) >= 11 is 1.71. The third-order valence-electron chi connectivity index (χ3n) is 6.38. The average molecular weight is 525 g/mol. The molecule has 2 fully saturated rings. The number of ether oxygens (including phenoxy) is 1. The van der Waals surface area contributed by atoms with E-state index in [0.717, 1.165) is 29.8 Å². The Labute approximate surface area is 210 Å². The number of aromatic nitrogens is 2. The minimum Gasteiger partial charge on any atom is -0.475 e. The van der Waals surface area contributed by atoms with E-state index in [4.69, 9.17) is 19.6 Å². The van der Waals surface area contributed by atoms with Crippen molar-refractivity contribution >= 4 is 29.6 Å². The van der Waals surface area contributed by atoms with Gasteiger partial charge in [0.2, 0.25) is 11.9 Å². The molecule has 36 heavy (non-hydrogen) atoms. The number of carbonyl (C=O) groups is 2. The van der Waals surface area contributed by atoms with Gasteiger partial charge in [0.05, 0.1) is 30.7 Å². The average Bonchev–Trinajstić information content (AvgIpc) is 3.56. The summed E-state index contributed by atoms with van der Waals surface area (Å²) in [5, 5.41) is 10.5. The number of fused-ring (bicyclic) bond motifs is 2. The van der Waals surface area contributed by atoms with Crippen LogP contribution in [0.5, 0.6) is 0 Å². The molecule has 2 aromatic rings. The maximum atomic E-state index is 13.0. The number of nitrogens with one attached hydrogen (secondary N) is 1. The van der Waals surface area contributed by atoms with E-state index in [1.54, 1.807) is 11.8 Å². The number of carbonyl (C=O) groups excluding carboxylic acids is 1. The number of hydrogen-bond donors (Lipinski definition) is 2. The van der Waals surface area contributed by atoms with Gasteiger partial charge in [0.1, 0.15) is 0 Å². The van der Waals surface area contributed by atoms with Gasteiger partial charge in [-0.05, 0) is 43.2 Å². The Bertz CT molecular complexity index is 1110. The van der Waals surface area contributed by atoms with Crippen molar-refractivity contribution in [2.24, 2.45) is 0 Å². The molecule has 194 valence electrons. The fraction of sp³-hybridized carbons (Fsp3) is 0.500. The number of halogens is 3. The Morgan fingerprint density at radius 3 is 2.58 bits per heavy atom. The Morgan fingerprint density at radius 1 is 1.28 bits per heavy atom. The molecule has 1 unspecified atom stereocenters. The molecule has 1 amide bonds. The lowest BCUT2D eigenvalue weighted by Gasteiger charge is -2.34. The molecule has 1 saturated heterocycles. The van der Waals surface area contributed by atoms with Gasteiger partial charge in [0.25, 0.3) is 0 Å². The van der Waals surface area contributed by atoms with Crippen LogP contribution in [0.4, 0.5) is 19.1 Å². The van der Waals surface area contributed by atoms with Gasteiger partial charge < -0.3 is 20.1 Å². The minimum absolute atomic E-state index is 0.177. The Balaban J connectivity index is 0.000000384. The van der Waals surface area contributed by atoms with Crippen molar-refractivity contribution in [1.82, 2.24) is 14.9 Å². The highest BCUT2D eigenvalue weighted by molar-refractivity contribution is 7.98. The molecular weight excluding hydrogens is 497 g/mol. The van der Waals surface area contributed by atoms with Gasteiger partial charge in [0, 0.05) is 35.8 Å². The monoisotopic (exact) mass is 524 g/mol. The number of benzene rings is 1. The van der Waals surface area contributed by atoms with Gasteiger partial charge in [-0.25, -0.2) is 14.8 Å². The van der Waals surface area contributed by atoms with Crippen LogP contribution in [-0.2, 0) is 32.8 Å². The molecule has 3 heterocycles. The molecule has 5 rings (SSSR count). The molecule has 1 atom stereocenters. The summed E-state index contributed by atoms with van der Waals surface area (Å²) in [7, 11) is 0. The highest BCUT2D eigenvalue weighted by Gasteiger charge is 2.46. The van der Waals surface area contributed by atoms with Crippen LogP contribution >= 0.6 is 11.8 Å². The zero-order valence-corrected chi connectivity index (χ0v) is 20.5. The number of amides is 1. The number of carboxylic acids is 1. The fourth-order valence-electron chi connectivity index (χ4n) is 4.30. The van der Waals surface area contributed by atoms with Crippen molar-refractivity contribution < 1.29 is 32.6 Å². The second-order valence-electron chi connectivity index (χ2n) is 9.15. The van der Waals surface area contributed by atoms with Crippen molar-refractivity contribution in [3.8, 4) is 0 Å². The van der Waals surface area contributed by atoms with Crippen LogP contribution in [0.25, 0.3) is 0 Å². The van der Waals surface area contributed by atoms with Gasteiger partial charge in [-0.3, -0.25) is 4.79 Å². The molecule has 0 radical (unpaired) electrons. The van der Waals surface area contributed by atoms with Crippen LogP contribution in [0.15, 0.2) is 35.4 Å². The van der Waals surface area contributed by atoms with Crippen LogP contribution in [-0.4, -0.2) is 70.0 Å². The summed E-state index contributed by atoms with van der Waals surface area (Å²) in [5.41, 5.74) is 2.97. The number of alkyl halides is 3. The van der Waals surface area contributed by atoms with Gasteiger partial charge in [-0.2, -0.15) is 13.2 Å². The summed E-state index contributed by atoms with van der Waals surface area (Å²) in [6.07, 6.45) is 2.58. The maximum Gasteiger partial charge on any atom is 0.490 e. The number of aliphatic carboxylic acids is 1. The van der Waals surface area contributed by atoms with Crippen LogP contribution in [0.3, 0.4) is 0 Å². The molecular formula is C24H27F3N4O4S. The van der Waals surface area contributed by atoms with E-state index in [-0.39, 0.29) is 11.3 Å². The minimum atomic E-state index is -5.08. The summed E-state index contributed by atoms with van der Waals surface area (Å²) in [4.78, 5) is 34.4. The summed E-state index contributed by atoms with van der Waals surface area (Å²) in [6, 6.07) is 8.78. The zero-order chi connectivity index (χ0) is 25.9. The number of hydrogen-bond acceptors (Lipinski definition) is 7. The highest BCUT2D eigenvalue weighted by atomic mass is 32.2. The molecule has 8 nitrogen and oxygen atoms in total. The van der Waals surface area contributed by atoms with Crippen LogP contribution in [0.2, 0.25) is 0 Å². The lowest BCUT2D eigenvalue weighted by atomic mass is 9.80. The first-order chi connectivity index (χ1) is 17.1. The smallest absolute Gasteiger partial charge is 0.475 e. The molecule has 0 bridgehead atoms. The molecule has 12 heteroatoms. The van der Waals surface area contributed by atoms with Crippen molar-refractivity contribution in [2.45, 2.75) is 54.8 Å². The van der Waals surface area contributed by atoms with Crippen LogP contribution in [0.1, 0.15) is 36.1 Å². The van der Waals surface area contributed by atoms with Gasteiger partial charge in [0.15, 0.2) is 0 Å². The fourth-order valence-corrected chi connectivity index (χ4v) is 4.71. The zero-order valence-electron chi connectivity index (χ0n) is 19.7. The van der Waals surface area contributed by atoms with Gasteiger partial charge in [-0.15, -0.1) is 11.8 Å². The Hall–Kier alpha value is -2.86. The van der Waals surface area contributed by atoms with E-state index in [0.29, 0.717) is 38.2 Å². The third-order valence-corrected chi connectivity index (χ3v) is 7.12. The molecule has 2 aliphatic heterocycles. The first-order valence-electron chi connectivity index (χ1n) is 11.5. The second-order valence-corrected chi connectivity index (χ2v) is 10.0. The predicted molar refractivity (Wildman–Crippen MR) is 127 cm³/mol. The van der Waals surface area contributed by atoms with E-state index in [2.05, 4.69) is 40.8 Å². The molecule has 1 aliphatic carbocycles. The molecule has 1 aromatic heterocycles. The van der Waals surface area contributed by atoms with E-state index >= 15 is 0 Å². The molecule has 1 saturated carbocycles. The normalized spacial score (nSPS) is 20.9. The number of anilines is 1. The first-order valence-corrected chi connectivity index (χ1v) is 12.7. The third kappa shape index (κ3) is 6.28. The first kappa shape index (κ1) is 26.2. The molecule has 1 aromatic carbocycles. The van der Waals surface area contributed by atoms with E-state index < -0.39 is 12.1 Å². The number of thioether (sulfide) groups is 1. The quantitative estimate of drug-likeness (QED) is 0.572. The molecule has 3 aliphatic rings. The summed E-state index contributed by atoms with van der Waals surface area (Å²) in [6.45, 7) is 2.59. The molecule has 1 spiro atoms. The molecule has 2 N–H and O–H groups in total. The summed E-state index contributed by atoms with van der Waals surface area (Å²) in [5.74, 6) is -1.87. The lowest BCUT2D eigenvalue weighted by molar-refractivity contribution is -0.192. The van der Waals surface area contributed by atoms with E-state index in [1.807, 2.05) is 11.1 Å². The van der Waals surface area contributed by atoms with E-state index in [1.165, 1.54) is 17.7 Å². The van der Waals surface area contributed by atoms with E-state index in [9.17, 15) is 18.0 Å². The predicted octanol–water partition coefficient (Wildman–Crippen LogP) is 3.65. The van der Waals surface area contributed by atoms with Gasteiger partial charge >= 0.3 is 12.1 Å². The second kappa shape index (κ2) is 10.6. The number of likely N-dealkylation sites (tertiary alicyclic amines) is 1. The van der Waals surface area contributed by atoms with Crippen LogP contribution < -0.4 is 5.32 Å². The lowest BCUT2D eigenvalue weighted by Crippen LogP contribution is -2.42. The van der Waals surface area contributed by atoms with Crippen molar-refractivity contribution in [2.75, 3.05) is 31.3 Å². The Morgan fingerprint density at radius 2 is 1.97 bits per heavy atom. The number of rotatable bonds is 5. The Kier molecular flexibility index (Phi) is 7.74. The number of carboxylic acid groups (broad SMARTS) is 1. The summed E-state index contributed by atoms with van der Waals surface area (Å²) < 4.78 is 37.6. The number of nitrogens with zero attached hydrogens (tertiary/aromatic N) is 3. The van der Waals surface area contributed by atoms with Crippen LogP contribution in [0, 0.1) is 0 Å². The topological polar surface area (TPSA) is 105 Å². The van der Waals surface area contributed by atoms with Gasteiger partial charge in [-0.1, -0.05) is 12.1 Å². The SMILES string of the molecule is CSc1ccc(CC(=O)N2CCC3(COCc4cnc(NC5CC5)nc43)C2)cc1.O=C(O)C(F)(F)F. The maximum absolute atomic E-state index is 13.0. The van der Waals surface area contributed by atoms with Crippen molar-refractivity contribution in [1.29, 1.82) is 0 Å². The van der Waals surface area contributed by atoms with Crippen molar-refractivity contribution in [3.05, 3.63) is 47.3 Å². The van der Waals surface area contributed by atoms with Crippen molar-refractivity contribution in [3.63, 3.8) is 0 Å². The largest absolute Gasteiger partial charge is 0.490 e.